The predicted molar refractivity (Wildman–Crippen MR) is 66.8 cm³/mol. The number of aryl methyl sites for hydroxylation is 2. The van der Waals surface area contributed by atoms with Gasteiger partial charge >= 0.3 is 0 Å². The Kier molecular flexibility index (Phi) is 2.48. The van der Waals surface area contributed by atoms with Crippen LogP contribution in [-0.2, 0) is 6.54 Å². The number of aromatic nitrogens is 4. The summed E-state index contributed by atoms with van der Waals surface area (Å²) in [4.78, 5) is 21.7. The van der Waals surface area contributed by atoms with Crippen LogP contribution in [0.5, 0.6) is 0 Å². The molecule has 0 aromatic carbocycles. The summed E-state index contributed by atoms with van der Waals surface area (Å²) in [5.74, 6) is 0. The lowest BCUT2D eigenvalue weighted by Gasteiger charge is -2.01. The third-order valence-corrected chi connectivity index (χ3v) is 3.51. The van der Waals surface area contributed by atoms with E-state index in [0.717, 1.165) is 9.88 Å². The second-order valence-corrected chi connectivity index (χ2v) is 5.31. The monoisotopic (exact) mass is 262 g/mol. The molecular weight excluding hydrogens is 252 g/mol. The lowest BCUT2D eigenvalue weighted by molar-refractivity contribution is 0.442. The van der Waals surface area contributed by atoms with Crippen LogP contribution in [0, 0.1) is 13.8 Å². The van der Waals surface area contributed by atoms with E-state index in [0.29, 0.717) is 17.6 Å². The molecule has 0 spiro atoms. The minimum Gasteiger partial charge on any atom is -0.335 e. The first-order chi connectivity index (χ1) is 8.65. The molecule has 0 atom stereocenters. The lowest BCUT2D eigenvalue weighted by Crippen LogP contribution is -2.21. The van der Waals surface area contributed by atoms with Crippen LogP contribution in [0.25, 0.3) is 11.1 Å². The van der Waals surface area contributed by atoms with Crippen LogP contribution in [0.2, 0.25) is 0 Å². The smallest absolute Gasteiger partial charge is 0.266 e. The zero-order chi connectivity index (χ0) is 12.7. The van der Waals surface area contributed by atoms with E-state index in [2.05, 4.69) is 15.1 Å². The van der Waals surface area contributed by atoms with Gasteiger partial charge in [-0.2, -0.15) is 0 Å². The van der Waals surface area contributed by atoms with Crippen LogP contribution in [0.15, 0.2) is 21.8 Å². The standard InChI is InChI=1S/C11H10N4O2S/c1-6-3-12-8(18-6)4-15-5-13-10-9(11(15)16)7(2)14-17-10/h3,5H,4H2,1-2H3. The van der Waals surface area contributed by atoms with Gasteiger partial charge in [-0.1, -0.05) is 5.16 Å². The highest BCUT2D eigenvalue weighted by molar-refractivity contribution is 7.11. The van der Waals surface area contributed by atoms with Gasteiger partial charge in [0.05, 0.1) is 12.2 Å². The number of thiazole rings is 1. The van der Waals surface area contributed by atoms with Crippen LogP contribution in [0.3, 0.4) is 0 Å². The fourth-order valence-electron chi connectivity index (χ4n) is 1.74. The fourth-order valence-corrected chi connectivity index (χ4v) is 2.53. The quantitative estimate of drug-likeness (QED) is 0.699. The molecule has 0 saturated heterocycles. The molecule has 0 bridgehead atoms. The molecule has 0 aliphatic heterocycles. The number of hydrogen-bond donors (Lipinski definition) is 0. The van der Waals surface area contributed by atoms with Crippen LogP contribution >= 0.6 is 11.3 Å². The number of rotatable bonds is 2. The van der Waals surface area contributed by atoms with Crippen molar-refractivity contribution in [3.8, 4) is 0 Å². The van der Waals surface area contributed by atoms with Gasteiger partial charge < -0.3 is 4.52 Å². The third-order valence-electron chi connectivity index (χ3n) is 2.61. The van der Waals surface area contributed by atoms with E-state index in [1.807, 2.05) is 6.92 Å². The fraction of sp³-hybridized carbons (Fsp3) is 0.273. The van der Waals surface area contributed by atoms with Crippen LogP contribution in [-0.4, -0.2) is 19.7 Å². The van der Waals surface area contributed by atoms with Gasteiger partial charge in [-0.05, 0) is 13.8 Å². The molecule has 6 nitrogen and oxygen atoms in total. The maximum absolute atomic E-state index is 12.2. The molecule has 7 heteroatoms. The normalized spacial score (nSPS) is 11.2. The molecule has 0 radical (unpaired) electrons. The van der Waals surface area contributed by atoms with Crippen molar-refractivity contribution < 1.29 is 4.52 Å². The average Bonchev–Trinajstić information content (AvgIpc) is 2.90. The highest BCUT2D eigenvalue weighted by Gasteiger charge is 2.12. The third kappa shape index (κ3) is 1.72. The maximum Gasteiger partial charge on any atom is 0.266 e. The van der Waals surface area contributed by atoms with Gasteiger partial charge in [-0.3, -0.25) is 9.36 Å². The van der Waals surface area contributed by atoms with Crippen molar-refractivity contribution in [2.75, 3.05) is 0 Å². The van der Waals surface area contributed by atoms with Gasteiger partial charge in [0, 0.05) is 11.1 Å². The second-order valence-electron chi connectivity index (χ2n) is 3.99. The SMILES string of the molecule is Cc1cnc(Cn2cnc3onc(C)c3c2=O)s1. The topological polar surface area (TPSA) is 73.8 Å². The Morgan fingerprint density at radius 2 is 2.22 bits per heavy atom. The van der Waals surface area contributed by atoms with E-state index in [-0.39, 0.29) is 11.3 Å². The molecule has 0 saturated carbocycles. The van der Waals surface area contributed by atoms with Crippen molar-refractivity contribution in [1.29, 1.82) is 0 Å². The Morgan fingerprint density at radius 1 is 1.39 bits per heavy atom. The van der Waals surface area contributed by atoms with Gasteiger partial charge in [0.1, 0.15) is 16.7 Å². The highest BCUT2D eigenvalue weighted by atomic mass is 32.1. The molecule has 0 aliphatic carbocycles. The van der Waals surface area contributed by atoms with E-state index in [4.69, 9.17) is 4.52 Å². The Labute approximate surface area is 106 Å². The summed E-state index contributed by atoms with van der Waals surface area (Å²) in [6, 6.07) is 0. The van der Waals surface area contributed by atoms with Crippen molar-refractivity contribution in [2.45, 2.75) is 20.4 Å². The average molecular weight is 262 g/mol. The van der Waals surface area contributed by atoms with Gasteiger partial charge in [0.2, 0.25) is 0 Å². The van der Waals surface area contributed by atoms with E-state index in [9.17, 15) is 4.79 Å². The molecule has 3 rings (SSSR count). The van der Waals surface area contributed by atoms with Crippen molar-refractivity contribution in [2.24, 2.45) is 0 Å². The first kappa shape index (κ1) is 11.1. The summed E-state index contributed by atoms with van der Waals surface area (Å²) < 4.78 is 6.47. The minimum absolute atomic E-state index is 0.147. The summed E-state index contributed by atoms with van der Waals surface area (Å²) in [5, 5.41) is 5.06. The number of nitrogens with zero attached hydrogens (tertiary/aromatic N) is 4. The molecule has 3 aromatic rings. The largest absolute Gasteiger partial charge is 0.335 e. The Balaban J connectivity index is 2.10. The van der Waals surface area contributed by atoms with Gasteiger partial charge in [0.15, 0.2) is 0 Å². The van der Waals surface area contributed by atoms with Crippen molar-refractivity contribution in [1.82, 2.24) is 19.7 Å². The minimum atomic E-state index is -0.147. The Hall–Kier alpha value is -2.02. The van der Waals surface area contributed by atoms with Gasteiger partial charge in [-0.25, -0.2) is 9.97 Å². The summed E-state index contributed by atoms with van der Waals surface area (Å²) in [7, 11) is 0. The molecule has 0 N–H and O–H groups in total. The van der Waals surface area contributed by atoms with Crippen molar-refractivity contribution in [3.63, 3.8) is 0 Å². The van der Waals surface area contributed by atoms with E-state index in [1.165, 1.54) is 10.9 Å². The van der Waals surface area contributed by atoms with Crippen LogP contribution < -0.4 is 5.56 Å². The predicted octanol–water partition coefficient (Wildman–Crippen LogP) is 1.51. The zero-order valence-electron chi connectivity index (χ0n) is 9.88. The summed E-state index contributed by atoms with van der Waals surface area (Å²) in [6.07, 6.45) is 3.26. The first-order valence-corrected chi connectivity index (χ1v) is 6.19. The lowest BCUT2D eigenvalue weighted by atomic mass is 10.3. The highest BCUT2D eigenvalue weighted by Crippen LogP contribution is 2.13. The molecule has 0 fully saturated rings. The maximum atomic E-state index is 12.2. The summed E-state index contributed by atoms with van der Waals surface area (Å²) >= 11 is 1.57. The van der Waals surface area contributed by atoms with E-state index >= 15 is 0 Å². The summed E-state index contributed by atoms with van der Waals surface area (Å²) in [5.41, 5.74) is 0.697. The molecule has 3 aromatic heterocycles. The Morgan fingerprint density at radius 3 is 2.94 bits per heavy atom. The van der Waals surface area contributed by atoms with E-state index < -0.39 is 0 Å². The molecule has 0 aliphatic rings. The second kappa shape index (κ2) is 4.02. The van der Waals surface area contributed by atoms with Crippen LogP contribution in [0.1, 0.15) is 15.6 Å². The number of hydrogen-bond acceptors (Lipinski definition) is 6. The van der Waals surface area contributed by atoms with Gasteiger partial charge in [-0.15, -0.1) is 11.3 Å². The number of fused-ring (bicyclic) bond motifs is 1. The first-order valence-electron chi connectivity index (χ1n) is 5.38. The van der Waals surface area contributed by atoms with E-state index in [1.54, 1.807) is 24.5 Å². The molecule has 3 heterocycles. The summed E-state index contributed by atoms with van der Waals surface area (Å²) in [6.45, 7) is 4.13. The van der Waals surface area contributed by atoms with Crippen molar-refractivity contribution >= 4 is 22.4 Å². The molecular formula is C11H10N4O2S. The van der Waals surface area contributed by atoms with Crippen molar-refractivity contribution in [3.05, 3.63) is 38.5 Å². The zero-order valence-corrected chi connectivity index (χ0v) is 10.7. The molecule has 18 heavy (non-hydrogen) atoms. The molecule has 92 valence electrons. The Bertz CT molecular complexity index is 771. The molecule has 0 unspecified atom stereocenters. The molecule has 0 amide bonds. The van der Waals surface area contributed by atoms with Gasteiger partial charge in [0.25, 0.3) is 11.3 Å². The van der Waals surface area contributed by atoms with Crippen LogP contribution in [0.4, 0.5) is 0 Å².